The number of nitrogens with one attached hydrogen (secondary N) is 2. The Balaban J connectivity index is 1.75. The van der Waals surface area contributed by atoms with Crippen LogP contribution in [0, 0.1) is 11.8 Å². The van der Waals surface area contributed by atoms with Crippen molar-refractivity contribution in [1.29, 1.82) is 0 Å². The molecule has 1 aromatic rings. The topological polar surface area (TPSA) is 61.4 Å². The lowest BCUT2D eigenvalue weighted by atomic mass is 10.2. The Morgan fingerprint density at radius 1 is 1.19 bits per heavy atom. The fourth-order valence-electron chi connectivity index (χ4n) is 2.08. The number of likely N-dealkylation sites (N-methyl/N-ethyl adjacent to an activating group) is 1. The maximum absolute atomic E-state index is 12.0. The van der Waals surface area contributed by atoms with Gasteiger partial charge in [0.25, 0.3) is 0 Å². The second kappa shape index (κ2) is 7.04. The first-order valence-electron chi connectivity index (χ1n) is 6.96. The summed E-state index contributed by atoms with van der Waals surface area (Å²) in [6.07, 6.45) is 0.635. The lowest BCUT2D eigenvalue weighted by molar-refractivity contribution is -0.125. The maximum Gasteiger partial charge on any atom is 0.228 e. The molecule has 5 nitrogen and oxygen atoms in total. The minimum atomic E-state index is -0.201. The van der Waals surface area contributed by atoms with E-state index in [1.165, 1.54) is 0 Å². The van der Waals surface area contributed by atoms with E-state index in [2.05, 4.69) is 26.6 Å². The zero-order valence-electron chi connectivity index (χ0n) is 12.2. The molecule has 6 heteroatoms. The van der Waals surface area contributed by atoms with Gasteiger partial charge in [-0.1, -0.05) is 15.9 Å². The van der Waals surface area contributed by atoms with E-state index in [9.17, 15) is 9.59 Å². The molecule has 2 amide bonds. The number of hydrogen-bond acceptors (Lipinski definition) is 3. The number of amides is 2. The molecular formula is C15H20BrN3O2. The number of benzene rings is 1. The van der Waals surface area contributed by atoms with E-state index >= 15 is 0 Å². The molecule has 21 heavy (non-hydrogen) atoms. The van der Waals surface area contributed by atoms with Gasteiger partial charge in [0.2, 0.25) is 11.8 Å². The number of hydrogen-bond donors (Lipinski definition) is 2. The fourth-order valence-corrected chi connectivity index (χ4v) is 2.34. The molecule has 114 valence electrons. The maximum atomic E-state index is 12.0. The highest BCUT2D eigenvalue weighted by molar-refractivity contribution is 9.10. The summed E-state index contributed by atoms with van der Waals surface area (Å²) in [5.74, 6) is -0.478. The van der Waals surface area contributed by atoms with Crippen LogP contribution in [0.5, 0.6) is 0 Å². The van der Waals surface area contributed by atoms with Crippen molar-refractivity contribution < 1.29 is 9.59 Å². The molecule has 0 heterocycles. The lowest BCUT2D eigenvalue weighted by Gasteiger charge is -2.10. The molecule has 0 spiro atoms. The summed E-state index contributed by atoms with van der Waals surface area (Å²) < 4.78 is 0.963. The van der Waals surface area contributed by atoms with E-state index in [0.29, 0.717) is 13.0 Å². The van der Waals surface area contributed by atoms with E-state index in [1.54, 1.807) is 0 Å². The Morgan fingerprint density at radius 3 is 2.43 bits per heavy atom. The third-order valence-electron chi connectivity index (χ3n) is 3.43. The van der Waals surface area contributed by atoms with Gasteiger partial charge >= 0.3 is 0 Å². The van der Waals surface area contributed by atoms with Gasteiger partial charge in [0.1, 0.15) is 0 Å². The van der Waals surface area contributed by atoms with Gasteiger partial charge in [0.15, 0.2) is 0 Å². The number of anilines is 1. The van der Waals surface area contributed by atoms with E-state index in [-0.39, 0.29) is 23.7 Å². The van der Waals surface area contributed by atoms with Crippen molar-refractivity contribution >= 4 is 33.4 Å². The SMILES string of the molecule is CN(C)CCNC(=O)C1CC1C(=O)Nc1ccc(Br)cc1. The van der Waals surface area contributed by atoms with Gasteiger partial charge in [0, 0.05) is 23.2 Å². The van der Waals surface area contributed by atoms with Gasteiger partial charge < -0.3 is 15.5 Å². The first kappa shape index (κ1) is 16.0. The van der Waals surface area contributed by atoms with E-state index in [4.69, 9.17) is 0 Å². The number of nitrogens with zero attached hydrogens (tertiary/aromatic N) is 1. The van der Waals surface area contributed by atoms with E-state index in [1.807, 2.05) is 43.3 Å². The van der Waals surface area contributed by atoms with Crippen molar-refractivity contribution in [1.82, 2.24) is 10.2 Å². The molecule has 0 radical (unpaired) electrons. The van der Waals surface area contributed by atoms with Crippen LogP contribution in [0.25, 0.3) is 0 Å². The average Bonchev–Trinajstić information content (AvgIpc) is 3.21. The summed E-state index contributed by atoms with van der Waals surface area (Å²) in [5, 5.41) is 5.71. The van der Waals surface area contributed by atoms with Crippen LogP contribution in [-0.2, 0) is 9.59 Å². The van der Waals surface area contributed by atoms with Crippen LogP contribution in [0.3, 0.4) is 0 Å². The minimum Gasteiger partial charge on any atom is -0.355 e. The first-order chi connectivity index (χ1) is 9.97. The molecular weight excluding hydrogens is 334 g/mol. The largest absolute Gasteiger partial charge is 0.355 e. The Labute approximate surface area is 133 Å². The second-order valence-corrected chi connectivity index (χ2v) is 6.45. The average molecular weight is 354 g/mol. The van der Waals surface area contributed by atoms with Crippen LogP contribution in [0.4, 0.5) is 5.69 Å². The molecule has 0 aliphatic heterocycles. The van der Waals surface area contributed by atoms with Gasteiger partial charge in [-0.05, 0) is 44.8 Å². The van der Waals surface area contributed by atoms with Crippen molar-refractivity contribution in [3.63, 3.8) is 0 Å². The van der Waals surface area contributed by atoms with Crippen molar-refractivity contribution in [2.75, 3.05) is 32.5 Å². The van der Waals surface area contributed by atoms with Crippen LogP contribution in [0.1, 0.15) is 6.42 Å². The van der Waals surface area contributed by atoms with Crippen LogP contribution in [0.2, 0.25) is 0 Å². The van der Waals surface area contributed by atoms with Crippen molar-refractivity contribution in [2.45, 2.75) is 6.42 Å². The van der Waals surface area contributed by atoms with Gasteiger partial charge in [-0.15, -0.1) is 0 Å². The molecule has 1 aromatic carbocycles. The summed E-state index contributed by atoms with van der Waals surface area (Å²) in [6.45, 7) is 1.41. The summed E-state index contributed by atoms with van der Waals surface area (Å²) in [6, 6.07) is 7.40. The van der Waals surface area contributed by atoms with Crippen LogP contribution in [-0.4, -0.2) is 43.9 Å². The Bertz CT molecular complexity index is 516. The second-order valence-electron chi connectivity index (χ2n) is 5.54. The molecule has 2 unspecified atom stereocenters. The Kier molecular flexibility index (Phi) is 5.36. The number of rotatable bonds is 6. The fraction of sp³-hybridized carbons (Fsp3) is 0.467. The predicted octanol–water partition coefficient (Wildman–Crippen LogP) is 1.70. The molecule has 1 aliphatic rings. The standard InChI is InChI=1S/C15H20BrN3O2/c1-19(2)8-7-17-14(20)12-9-13(12)15(21)18-11-5-3-10(16)4-6-11/h3-6,12-13H,7-9H2,1-2H3,(H,17,20)(H,18,21). The highest BCUT2D eigenvalue weighted by Gasteiger charge is 2.47. The van der Waals surface area contributed by atoms with Crippen LogP contribution >= 0.6 is 15.9 Å². The Hall–Kier alpha value is -1.40. The predicted molar refractivity (Wildman–Crippen MR) is 85.9 cm³/mol. The number of carbonyl (C=O) groups excluding carboxylic acids is 2. The molecule has 2 N–H and O–H groups in total. The molecule has 0 saturated heterocycles. The zero-order chi connectivity index (χ0) is 15.4. The van der Waals surface area contributed by atoms with Gasteiger partial charge in [-0.25, -0.2) is 0 Å². The third kappa shape index (κ3) is 4.82. The monoisotopic (exact) mass is 353 g/mol. The zero-order valence-corrected chi connectivity index (χ0v) is 13.8. The normalized spacial score (nSPS) is 20.2. The quantitative estimate of drug-likeness (QED) is 0.818. The van der Waals surface area contributed by atoms with Crippen molar-refractivity contribution in [2.24, 2.45) is 11.8 Å². The molecule has 1 saturated carbocycles. The van der Waals surface area contributed by atoms with Crippen LogP contribution < -0.4 is 10.6 Å². The number of carbonyl (C=O) groups is 2. The highest BCUT2D eigenvalue weighted by atomic mass is 79.9. The van der Waals surface area contributed by atoms with Gasteiger partial charge in [-0.2, -0.15) is 0 Å². The van der Waals surface area contributed by atoms with Crippen molar-refractivity contribution in [3.8, 4) is 0 Å². The molecule has 0 bridgehead atoms. The van der Waals surface area contributed by atoms with Crippen LogP contribution in [0.15, 0.2) is 28.7 Å². The molecule has 2 atom stereocenters. The molecule has 1 fully saturated rings. The Morgan fingerprint density at radius 2 is 1.81 bits per heavy atom. The van der Waals surface area contributed by atoms with Crippen molar-refractivity contribution in [3.05, 3.63) is 28.7 Å². The minimum absolute atomic E-state index is 0.0205. The number of halogens is 1. The highest BCUT2D eigenvalue weighted by Crippen LogP contribution is 2.39. The third-order valence-corrected chi connectivity index (χ3v) is 3.96. The summed E-state index contributed by atoms with van der Waals surface area (Å²) in [4.78, 5) is 25.9. The first-order valence-corrected chi connectivity index (χ1v) is 7.75. The van der Waals surface area contributed by atoms with Gasteiger partial charge in [-0.3, -0.25) is 9.59 Å². The van der Waals surface area contributed by atoms with Gasteiger partial charge in [0.05, 0.1) is 11.8 Å². The van der Waals surface area contributed by atoms with E-state index in [0.717, 1.165) is 16.7 Å². The summed E-state index contributed by atoms with van der Waals surface area (Å²) >= 11 is 3.35. The summed E-state index contributed by atoms with van der Waals surface area (Å²) in [5.41, 5.74) is 0.752. The van der Waals surface area contributed by atoms with E-state index < -0.39 is 0 Å². The summed E-state index contributed by atoms with van der Waals surface area (Å²) in [7, 11) is 3.91. The molecule has 0 aromatic heterocycles. The molecule has 1 aliphatic carbocycles. The lowest BCUT2D eigenvalue weighted by Crippen LogP contribution is -2.33. The molecule has 2 rings (SSSR count). The smallest absolute Gasteiger partial charge is 0.228 e.